The fourth-order valence-corrected chi connectivity index (χ4v) is 4.85. The Morgan fingerprint density at radius 1 is 1.12 bits per heavy atom. The van der Waals surface area contributed by atoms with Crippen molar-refractivity contribution in [3.8, 4) is 0 Å². The molecule has 3 rings (SSSR count). The van der Waals surface area contributed by atoms with Crippen molar-refractivity contribution in [2.75, 3.05) is 6.54 Å². The van der Waals surface area contributed by atoms with Crippen molar-refractivity contribution in [2.24, 2.45) is 11.8 Å². The number of alkyl carbamates (subject to hydrolysis) is 1. The summed E-state index contributed by atoms with van der Waals surface area (Å²) in [6, 6.07) is 8.36. The topological polar surface area (TPSA) is 114 Å². The van der Waals surface area contributed by atoms with Crippen molar-refractivity contribution in [3.05, 3.63) is 69.7 Å². The van der Waals surface area contributed by atoms with Gasteiger partial charge >= 0.3 is 12.0 Å². The SMILES string of the molecule is CC(C)CC(NC(=O)OC(c1cccc(Cl)c1)C(F)(F)c1cccc(Cl)c1)C(=O)NC(C=O)CC1CCNC1=O. The Labute approximate surface area is 241 Å². The van der Waals surface area contributed by atoms with E-state index in [1.165, 1.54) is 36.4 Å². The number of rotatable bonds is 12. The van der Waals surface area contributed by atoms with Gasteiger partial charge in [-0.25, -0.2) is 4.79 Å². The molecule has 40 heavy (non-hydrogen) atoms. The Bertz CT molecular complexity index is 1230. The Hall–Kier alpha value is -3.24. The van der Waals surface area contributed by atoms with Crippen LogP contribution < -0.4 is 16.0 Å². The van der Waals surface area contributed by atoms with Crippen molar-refractivity contribution in [3.63, 3.8) is 0 Å². The van der Waals surface area contributed by atoms with E-state index in [-0.39, 0.29) is 40.3 Å². The normalized spacial score (nSPS) is 17.5. The third-order valence-electron chi connectivity index (χ3n) is 6.42. The molecule has 1 aliphatic heterocycles. The zero-order valence-corrected chi connectivity index (χ0v) is 23.5. The molecule has 3 N–H and O–H groups in total. The fraction of sp³-hybridized carbons (Fsp3) is 0.429. The Balaban J connectivity index is 1.80. The van der Waals surface area contributed by atoms with Gasteiger partial charge < -0.3 is 25.5 Å². The van der Waals surface area contributed by atoms with Crippen LogP contribution in [0.15, 0.2) is 48.5 Å². The van der Waals surface area contributed by atoms with Crippen LogP contribution in [0.3, 0.4) is 0 Å². The molecular weight excluding hydrogens is 567 g/mol. The first-order valence-electron chi connectivity index (χ1n) is 12.8. The smallest absolute Gasteiger partial charge is 0.408 e. The molecule has 2 aromatic rings. The summed E-state index contributed by atoms with van der Waals surface area (Å²) in [5.41, 5.74) is -0.563. The lowest BCUT2D eigenvalue weighted by Crippen LogP contribution is -2.51. The van der Waals surface area contributed by atoms with E-state index in [0.717, 1.165) is 12.1 Å². The third-order valence-corrected chi connectivity index (χ3v) is 6.89. The molecule has 8 nitrogen and oxygen atoms in total. The van der Waals surface area contributed by atoms with E-state index < -0.39 is 47.6 Å². The van der Waals surface area contributed by atoms with Gasteiger partial charge in [0.25, 0.3) is 0 Å². The molecule has 0 spiro atoms. The molecule has 1 aliphatic rings. The van der Waals surface area contributed by atoms with Crippen LogP contribution in [-0.4, -0.2) is 42.8 Å². The quantitative estimate of drug-likeness (QED) is 0.292. The molecular formula is C28H31Cl2F2N3O5. The lowest BCUT2D eigenvalue weighted by atomic mass is 9.97. The molecule has 4 unspecified atom stereocenters. The summed E-state index contributed by atoms with van der Waals surface area (Å²) in [5.74, 6) is -5.16. The zero-order valence-electron chi connectivity index (χ0n) is 22.0. The van der Waals surface area contributed by atoms with Gasteiger partial charge in [0.15, 0.2) is 6.10 Å². The minimum absolute atomic E-state index is 0.0694. The summed E-state index contributed by atoms with van der Waals surface area (Å²) in [4.78, 5) is 49.6. The minimum Gasteiger partial charge on any atom is -0.434 e. The lowest BCUT2D eigenvalue weighted by molar-refractivity contribution is -0.129. The standard InChI is InChI=1S/C28H31Cl2F2N3O5/c1-16(2)11-23(26(38)34-22(15-36)13-18-9-10-33-25(18)37)35-27(39)40-24(17-5-3-7-20(29)12-17)28(31,32)19-6-4-8-21(30)14-19/h3-8,12,14-16,18,22-24H,9-11,13H2,1-2H3,(H,33,37)(H,34,38)(H,35,39). The molecule has 12 heteroatoms. The Morgan fingerprint density at radius 2 is 1.80 bits per heavy atom. The summed E-state index contributed by atoms with van der Waals surface area (Å²) in [5, 5.41) is 7.81. The summed E-state index contributed by atoms with van der Waals surface area (Å²) in [6.45, 7) is 4.09. The van der Waals surface area contributed by atoms with E-state index in [1.54, 1.807) is 13.8 Å². The monoisotopic (exact) mass is 597 g/mol. The molecule has 1 heterocycles. The van der Waals surface area contributed by atoms with Gasteiger partial charge in [0.05, 0.1) is 6.04 Å². The summed E-state index contributed by atoms with van der Waals surface area (Å²) in [6.07, 6.45) is -2.10. The van der Waals surface area contributed by atoms with Gasteiger partial charge in [-0.2, -0.15) is 8.78 Å². The predicted octanol–water partition coefficient (Wildman–Crippen LogP) is 5.18. The largest absolute Gasteiger partial charge is 0.434 e. The van der Waals surface area contributed by atoms with E-state index >= 15 is 8.78 Å². The highest BCUT2D eigenvalue weighted by Crippen LogP contribution is 2.44. The van der Waals surface area contributed by atoms with E-state index in [1.807, 2.05) is 0 Å². The Morgan fingerprint density at radius 3 is 2.38 bits per heavy atom. The molecule has 0 radical (unpaired) electrons. The predicted molar refractivity (Wildman–Crippen MR) is 146 cm³/mol. The number of aldehydes is 1. The highest BCUT2D eigenvalue weighted by molar-refractivity contribution is 6.30. The van der Waals surface area contributed by atoms with E-state index in [9.17, 15) is 19.2 Å². The first-order valence-corrected chi connectivity index (χ1v) is 13.6. The maximum Gasteiger partial charge on any atom is 0.408 e. The van der Waals surface area contributed by atoms with Crippen molar-refractivity contribution < 1.29 is 32.7 Å². The highest BCUT2D eigenvalue weighted by atomic mass is 35.5. The van der Waals surface area contributed by atoms with Crippen LogP contribution in [0.5, 0.6) is 0 Å². The van der Waals surface area contributed by atoms with Crippen LogP contribution >= 0.6 is 23.2 Å². The number of carbonyl (C=O) groups excluding carboxylic acids is 4. The van der Waals surface area contributed by atoms with Gasteiger partial charge in [-0.3, -0.25) is 9.59 Å². The maximum atomic E-state index is 15.8. The van der Waals surface area contributed by atoms with Crippen molar-refractivity contribution in [1.29, 1.82) is 0 Å². The second kappa shape index (κ2) is 13.9. The minimum atomic E-state index is -3.73. The van der Waals surface area contributed by atoms with E-state index in [0.29, 0.717) is 19.3 Å². The number of carbonyl (C=O) groups is 4. The maximum absolute atomic E-state index is 15.8. The van der Waals surface area contributed by atoms with Gasteiger partial charge in [-0.05, 0) is 49.4 Å². The molecule has 0 aliphatic carbocycles. The van der Waals surface area contributed by atoms with Crippen molar-refractivity contribution in [1.82, 2.24) is 16.0 Å². The molecule has 216 valence electrons. The number of benzene rings is 2. The van der Waals surface area contributed by atoms with Crippen LogP contribution in [0, 0.1) is 11.8 Å². The lowest BCUT2D eigenvalue weighted by Gasteiger charge is -2.29. The average molecular weight is 598 g/mol. The van der Waals surface area contributed by atoms with Crippen LogP contribution in [0.25, 0.3) is 0 Å². The average Bonchev–Trinajstić information content (AvgIpc) is 3.30. The number of hydrogen-bond donors (Lipinski definition) is 3. The van der Waals surface area contributed by atoms with Gasteiger partial charge in [0, 0.05) is 33.6 Å². The number of nitrogens with one attached hydrogen (secondary N) is 3. The second-order valence-corrected chi connectivity index (χ2v) is 10.9. The summed E-state index contributed by atoms with van der Waals surface area (Å²) < 4.78 is 36.8. The van der Waals surface area contributed by atoms with Crippen LogP contribution in [0.2, 0.25) is 10.0 Å². The number of ether oxygens (including phenoxy) is 1. The third kappa shape index (κ3) is 8.38. The molecule has 0 saturated carbocycles. The van der Waals surface area contributed by atoms with Crippen LogP contribution in [0.1, 0.15) is 50.3 Å². The first-order chi connectivity index (χ1) is 18.9. The van der Waals surface area contributed by atoms with E-state index in [2.05, 4.69) is 16.0 Å². The van der Waals surface area contributed by atoms with Crippen LogP contribution in [0.4, 0.5) is 13.6 Å². The number of hydrogen-bond acceptors (Lipinski definition) is 5. The van der Waals surface area contributed by atoms with Gasteiger partial charge in [-0.15, -0.1) is 0 Å². The highest BCUT2D eigenvalue weighted by Gasteiger charge is 2.46. The zero-order chi connectivity index (χ0) is 29.4. The van der Waals surface area contributed by atoms with E-state index in [4.69, 9.17) is 27.9 Å². The molecule has 0 bridgehead atoms. The van der Waals surface area contributed by atoms with Gasteiger partial charge in [0.1, 0.15) is 12.3 Å². The Kier molecular flexibility index (Phi) is 10.9. The molecule has 1 fully saturated rings. The molecule has 1 saturated heterocycles. The van der Waals surface area contributed by atoms with Crippen molar-refractivity contribution >= 4 is 47.4 Å². The van der Waals surface area contributed by atoms with Crippen LogP contribution in [-0.2, 0) is 25.0 Å². The fourth-order valence-electron chi connectivity index (χ4n) is 4.46. The molecule has 2 aromatic carbocycles. The number of amides is 3. The van der Waals surface area contributed by atoms with Crippen molar-refractivity contribution in [2.45, 2.75) is 57.2 Å². The number of alkyl halides is 2. The molecule has 3 amide bonds. The first kappa shape index (κ1) is 31.3. The summed E-state index contributed by atoms with van der Waals surface area (Å²) >= 11 is 12.0. The molecule has 4 atom stereocenters. The van der Waals surface area contributed by atoms with Gasteiger partial charge in [-0.1, -0.05) is 61.3 Å². The second-order valence-electron chi connectivity index (χ2n) is 10.1. The number of halogens is 4. The van der Waals surface area contributed by atoms with Gasteiger partial charge in [0.2, 0.25) is 11.8 Å². The summed E-state index contributed by atoms with van der Waals surface area (Å²) in [7, 11) is 0. The molecule has 0 aromatic heterocycles.